The number of nitrogens with zero attached hydrogens (tertiary/aromatic N) is 4. The zero-order valence-electron chi connectivity index (χ0n) is 16.7. The third kappa shape index (κ3) is 5.25. The van der Waals surface area contributed by atoms with Crippen LogP contribution in [-0.4, -0.2) is 46.8 Å². The molecule has 142 valence electrons. The maximum atomic E-state index is 4.84. The summed E-state index contributed by atoms with van der Waals surface area (Å²) < 4.78 is 1.95. The van der Waals surface area contributed by atoms with Crippen molar-refractivity contribution in [1.82, 2.24) is 25.0 Å². The van der Waals surface area contributed by atoms with E-state index in [9.17, 15) is 0 Å². The minimum absolute atomic E-state index is 0.202. The fourth-order valence-electron chi connectivity index (χ4n) is 3.45. The van der Waals surface area contributed by atoms with Crippen LogP contribution in [0.25, 0.3) is 16.9 Å². The molecule has 0 aliphatic heterocycles. The van der Waals surface area contributed by atoms with E-state index in [1.54, 1.807) is 6.20 Å². The van der Waals surface area contributed by atoms with Gasteiger partial charge in [0.2, 0.25) is 0 Å². The summed E-state index contributed by atoms with van der Waals surface area (Å²) in [6, 6.07) is 14.2. The van der Waals surface area contributed by atoms with Crippen LogP contribution in [-0.2, 0) is 6.54 Å². The van der Waals surface area contributed by atoms with Crippen molar-refractivity contribution in [2.45, 2.75) is 20.4 Å². The molecular weight excluding hydrogens is 334 g/mol. The zero-order valence-corrected chi connectivity index (χ0v) is 16.7. The van der Waals surface area contributed by atoms with Gasteiger partial charge >= 0.3 is 0 Å². The largest absolute Gasteiger partial charge is 0.312 e. The molecule has 0 fully saturated rings. The van der Waals surface area contributed by atoms with Crippen LogP contribution in [0.4, 0.5) is 0 Å². The fraction of sp³-hybridized carbons (Fsp3) is 0.364. The first-order valence-corrected chi connectivity index (χ1v) is 9.34. The lowest BCUT2D eigenvalue weighted by atomic mass is 9.93. The second-order valence-electron chi connectivity index (χ2n) is 8.03. The van der Waals surface area contributed by atoms with Gasteiger partial charge in [-0.3, -0.25) is 4.98 Å². The molecule has 27 heavy (non-hydrogen) atoms. The Bertz CT molecular complexity index is 838. The molecular formula is C22H29N5. The Kier molecular flexibility index (Phi) is 6.04. The van der Waals surface area contributed by atoms with Crippen LogP contribution in [0.1, 0.15) is 19.4 Å². The molecule has 2 aromatic heterocycles. The second kappa shape index (κ2) is 8.46. The van der Waals surface area contributed by atoms with E-state index in [1.807, 2.05) is 35.1 Å². The first-order valence-electron chi connectivity index (χ1n) is 9.34. The van der Waals surface area contributed by atoms with Crippen molar-refractivity contribution < 1.29 is 0 Å². The molecule has 3 aromatic rings. The van der Waals surface area contributed by atoms with Crippen LogP contribution in [0.15, 0.2) is 61.1 Å². The van der Waals surface area contributed by atoms with Crippen LogP contribution in [0.3, 0.4) is 0 Å². The number of hydrogen-bond donors (Lipinski definition) is 1. The van der Waals surface area contributed by atoms with Crippen molar-refractivity contribution >= 4 is 0 Å². The number of hydrogen-bond acceptors (Lipinski definition) is 4. The SMILES string of the molecule is CN(C)CC(C)(C)CNCc1cn(-c2ccccc2)nc1-c1cccnc1. The molecule has 0 saturated carbocycles. The van der Waals surface area contributed by atoms with Crippen molar-refractivity contribution in [1.29, 1.82) is 0 Å². The summed E-state index contributed by atoms with van der Waals surface area (Å²) in [5.74, 6) is 0. The lowest BCUT2D eigenvalue weighted by Gasteiger charge is -2.28. The highest BCUT2D eigenvalue weighted by Gasteiger charge is 2.19. The number of rotatable bonds is 8. The number of benzene rings is 1. The van der Waals surface area contributed by atoms with E-state index < -0.39 is 0 Å². The summed E-state index contributed by atoms with van der Waals surface area (Å²) in [5, 5.41) is 8.46. The number of nitrogens with one attached hydrogen (secondary N) is 1. The number of aromatic nitrogens is 3. The van der Waals surface area contributed by atoms with E-state index in [0.717, 1.165) is 36.6 Å². The standard InChI is InChI=1S/C22H29N5/c1-22(2,17-26(3)4)16-24-14-19-15-27(20-10-6-5-7-11-20)25-21(19)18-9-8-12-23-13-18/h5-13,15,24H,14,16-17H2,1-4H3. The molecule has 5 nitrogen and oxygen atoms in total. The number of pyridine rings is 1. The summed E-state index contributed by atoms with van der Waals surface area (Å²) in [5.41, 5.74) is 4.45. The highest BCUT2D eigenvalue weighted by molar-refractivity contribution is 5.62. The van der Waals surface area contributed by atoms with Gasteiger partial charge in [0.15, 0.2) is 0 Å². The van der Waals surface area contributed by atoms with E-state index in [-0.39, 0.29) is 5.41 Å². The minimum Gasteiger partial charge on any atom is -0.312 e. The van der Waals surface area contributed by atoms with Crippen molar-refractivity contribution in [3.05, 3.63) is 66.6 Å². The number of para-hydroxylation sites is 1. The topological polar surface area (TPSA) is 46.0 Å². The first kappa shape index (κ1) is 19.3. The Morgan fingerprint density at radius 3 is 2.52 bits per heavy atom. The molecule has 0 spiro atoms. The van der Waals surface area contributed by atoms with Gasteiger partial charge in [-0.1, -0.05) is 32.0 Å². The smallest absolute Gasteiger partial charge is 0.0988 e. The Labute approximate surface area is 162 Å². The van der Waals surface area contributed by atoms with E-state index in [1.165, 1.54) is 5.56 Å². The van der Waals surface area contributed by atoms with E-state index in [4.69, 9.17) is 5.10 Å². The van der Waals surface area contributed by atoms with Crippen molar-refractivity contribution in [2.24, 2.45) is 5.41 Å². The normalized spacial score (nSPS) is 11.9. The molecule has 0 amide bonds. The van der Waals surface area contributed by atoms with Crippen LogP contribution in [0.5, 0.6) is 0 Å². The molecule has 2 heterocycles. The summed E-state index contributed by atoms with van der Waals surface area (Å²) in [7, 11) is 4.23. The molecule has 0 aliphatic carbocycles. The van der Waals surface area contributed by atoms with Crippen LogP contribution < -0.4 is 5.32 Å². The Morgan fingerprint density at radius 2 is 1.85 bits per heavy atom. The molecule has 0 unspecified atom stereocenters. The van der Waals surface area contributed by atoms with Gasteiger partial charge in [0, 0.05) is 49.4 Å². The second-order valence-corrected chi connectivity index (χ2v) is 8.03. The average molecular weight is 364 g/mol. The van der Waals surface area contributed by atoms with E-state index in [0.29, 0.717) is 0 Å². The molecule has 0 radical (unpaired) electrons. The summed E-state index contributed by atoms with van der Waals surface area (Å²) in [6.45, 7) is 7.33. The highest BCUT2D eigenvalue weighted by atomic mass is 15.3. The van der Waals surface area contributed by atoms with Gasteiger partial charge in [0.1, 0.15) is 0 Å². The molecule has 0 bridgehead atoms. The molecule has 5 heteroatoms. The van der Waals surface area contributed by atoms with Crippen molar-refractivity contribution in [3.8, 4) is 16.9 Å². The fourth-order valence-corrected chi connectivity index (χ4v) is 3.45. The predicted molar refractivity (Wildman–Crippen MR) is 111 cm³/mol. The van der Waals surface area contributed by atoms with Gasteiger partial charge in [0.05, 0.1) is 11.4 Å². The summed E-state index contributed by atoms with van der Waals surface area (Å²) in [4.78, 5) is 6.49. The highest BCUT2D eigenvalue weighted by Crippen LogP contribution is 2.23. The van der Waals surface area contributed by atoms with Gasteiger partial charge in [-0.15, -0.1) is 0 Å². The molecule has 0 atom stereocenters. The Hall–Kier alpha value is -2.50. The third-order valence-electron chi connectivity index (χ3n) is 4.41. The Balaban J connectivity index is 1.82. The molecule has 0 aliphatic rings. The summed E-state index contributed by atoms with van der Waals surface area (Å²) in [6.07, 6.45) is 5.78. The Morgan fingerprint density at radius 1 is 1.07 bits per heavy atom. The zero-order chi connectivity index (χ0) is 19.3. The molecule has 0 saturated heterocycles. The van der Waals surface area contributed by atoms with Gasteiger partial charge in [-0.2, -0.15) is 5.10 Å². The quantitative estimate of drug-likeness (QED) is 0.664. The molecule has 1 N–H and O–H groups in total. The van der Waals surface area contributed by atoms with Crippen molar-refractivity contribution in [2.75, 3.05) is 27.2 Å². The van der Waals surface area contributed by atoms with Crippen molar-refractivity contribution in [3.63, 3.8) is 0 Å². The maximum absolute atomic E-state index is 4.84. The first-order chi connectivity index (χ1) is 12.9. The van der Waals surface area contributed by atoms with Gasteiger partial charge in [-0.05, 0) is 43.8 Å². The van der Waals surface area contributed by atoms with Gasteiger partial charge in [-0.25, -0.2) is 4.68 Å². The van der Waals surface area contributed by atoms with E-state index in [2.05, 4.69) is 67.5 Å². The third-order valence-corrected chi connectivity index (χ3v) is 4.41. The van der Waals surface area contributed by atoms with Crippen LogP contribution in [0.2, 0.25) is 0 Å². The molecule has 1 aromatic carbocycles. The van der Waals surface area contributed by atoms with E-state index >= 15 is 0 Å². The summed E-state index contributed by atoms with van der Waals surface area (Å²) >= 11 is 0. The average Bonchev–Trinajstić information content (AvgIpc) is 3.06. The minimum atomic E-state index is 0.202. The van der Waals surface area contributed by atoms with Crippen LogP contribution in [0, 0.1) is 5.41 Å². The van der Waals surface area contributed by atoms with Gasteiger partial charge in [0.25, 0.3) is 0 Å². The molecule has 3 rings (SSSR count). The predicted octanol–water partition coefficient (Wildman–Crippen LogP) is 3.61. The van der Waals surface area contributed by atoms with Gasteiger partial charge < -0.3 is 10.2 Å². The maximum Gasteiger partial charge on any atom is 0.0988 e. The lowest BCUT2D eigenvalue weighted by molar-refractivity contribution is 0.232. The monoisotopic (exact) mass is 363 g/mol. The van der Waals surface area contributed by atoms with Crippen LogP contribution >= 0.6 is 0 Å². The lowest BCUT2D eigenvalue weighted by Crippen LogP contribution is -2.37.